The van der Waals surface area contributed by atoms with E-state index in [4.69, 9.17) is 5.73 Å². The van der Waals surface area contributed by atoms with Crippen LogP contribution < -0.4 is 15.8 Å². The molecular weight excluding hydrogens is 287 g/mol. The number of amides is 1. The molecule has 0 atom stereocenters. The highest BCUT2D eigenvalue weighted by molar-refractivity contribution is 5.98. The topological polar surface area (TPSA) is 77.2 Å². The van der Waals surface area contributed by atoms with Gasteiger partial charge in [0.2, 0.25) is 0 Å². The largest absolute Gasteiger partial charge is 0.573 e. The quantitative estimate of drug-likeness (QED) is 0.909. The molecule has 0 fully saturated rings. The second-order valence-corrected chi connectivity index (χ2v) is 3.96. The van der Waals surface area contributed by atoms with E-state index in [1.807, 2.05) is 0 Å². The Kier molecular flexibility index (Phi) is 3.97. The summed E-state index contributed by atoms with van der Waals surface area (Å²) in [5, 5.41) is 2.72. The standard InChI is InChI=1S/C13H10F3N3O2/c14-13(15,16)21-9-4-1-3-8(7-9)19-12-10(11(17)20)5-2-6-18-12/h1-7H,(H2,17,20)(H,18,19). The molecule has 5 nitrogen and oxygen atoms in total. The second-order valence-electron chi connectivity index (χ2n) is 3.96. The van der Waals surface area contributed by atoms with Gasteiger partial charge in [-0.2, -0.15) is 0 Å². The number of ether oxygens (including phenoxy) is 1. The Morgan fingerprint density at radius 1 is 1.24 bits per heavy atom. The van der Waals surface area contributed by atoms with E-state index in [0.717, 1.165) is 12.1 Å². The molecule has 0 spiro atoms. The third-order valence-corrected chi connectivity index (χ3v) is 2.40. The highest BCUT2D eigenvalue weighted by atomic mass is 19.4. The summed E-state index contributed by atoms with van der Waals surface area (Å²) in [4.78, 5) is 15.2. The fourth-order valence-electron chi connectivity index (χ4n) is 1.61. The molecule has 1 amide bonds. The van der Waals surface area contributed by atoms with Crippen molar-refractivity contribution in [1.29, 1.82) is 0 Å². The molecule has 1 heterocycles. The molecule has 110 valence electrons. The lowest BCUT2D eigenvalue weighted by Crippen LogP contribution is -2.17. The van der Waals surface area contributed by atoms with Crippen molar-refractivity contribution in [2.45, 2.75) is 6.36 Å². The fourth-order valence-corrected chi connectivity index (χ4v) is 1.61. The number of nitrogens with one attached hydrogen (secondary N) is 1. The van der Waals surface area contributed by atoms with E-state index in [0.29, 0.717) is 0 Å². The highest BCUT2D eigenvalue weighted by Gasteiger charge is 2.31. The van der Waals surface area contributed by atoms with Crippen LogP contribution in [0.1, 0.15) is 10.4 Å². The first-order valence-electron chi connectivity index (χ1n) is 5.73. The third kappa shape index (κ3) is 4.10. The number of hydrogen-bond acceptors (Lipinski definition) is 4. The lowest BCUT2D eigenvalue weighted by atomic mass is 10.2. The number of anilines is 2. The van der Waals surface area contributed by atoms with Gasteiger partial charge in [-0.25, -0.2) is 4.98 Å². The average molecular weight is 297 g/mol. The van der Waals surface area contributed by atoms with E-state index in [1.54, 1.807) is 0 Å². The van der Waals surface area contributed by atoms with Gasteiger partial charge in [-0.1, -0.05) is 6.07 Å². The van der Waals surface area contributed by atoms with Crippen LogP contribution in [0.3, 0.4) is 0 Å². The van der Waals surface area contributed by atoms with E-state index < -0.39 is 12.3 Å². The summed E-state index contributed by atoms with van der Waals surface area (Å²) in [6.45, 7) is 0. The molecular formula is C13H10F3N3O2. The zero-order chi connectivity index (χ0) is 15.5. The summed E-state index contributed by atoms with van der Waals surface area (Å²) < 4.78 is 40.3. The Hall–Kier alpha value is -2.77. The van der Waals surface area contributed by atoms with Gasteiger partial charge in [0.05, 0.1) is 5.56 Å². The van der Waals surface area contributed by atoms with Crippen molar-refractivity contribution >= 4 is 17.4 Å². The molecule has 2 aromatic rings. The molecule has 2 rings (SSSR count). The maximum absolute atomic E-state index is 12.2. The number of primary amides is 1. The van der Waals surface area contributed by atoms with Gasteiger partial charge in [0.15, 0.2) is 0 Å². The van der Waals surface area contributed by atoms with Gasteiger partial charge in [-0.15, -0.1) is 13.2 Å². The van der Waals surface area contributed by atoms with Crippen LogP contribution >= 0.6 is 0 Å². The van der Waals surface area contributed by atoms with Gasteiger partial charge >= 0.3 is 6.36 Å². The molecule has 1 aromatic heterocycles. The molecule has 0 aliphatic heterocycles. The zero-order valence-corrected chi connectivity index (χ0v) is 10.5. The number of rotatable bonds is 4. The Labute approximate surface area is 117 Å². The van der Waals surface area contributed by atoms with Crippen LogP contribution in [0, 0.1) is 0 Å². The minimum absolute atomic E-state index is 0.125. The molecule has 0 radical (unpaired) electrons. The Morgan fingerprint density at radius 3 is 2.67 bits per heavy atom. The first kappa shape index (κ1) is 14.6. The Balaban J connectivity index is 2.25. The lowest BCUT2D eigenvalue weighted by Gasteiger charge is -2.12. The van der Waals surface area contributed by atoms with Gasteiger partial charge in [0.25, 0.3) is 5.91 Å². The van der Waals surface area contributed by atoms with E-state index in [1.165, 1.54) is 30.5 Å². The number of aromatic nitrogens is 1. The van der Waals surface area contributed by atoms with Crippen molar-refractivity contribution in [1.82, 2.24) is 4.98 Å². The van der Waals surface area contributed by atoms with Crippen LogP contribution in [0.5, 0.6) is 5.75 Å². The second kappa shape index (κ2) is 5.70. The number of carbonyl (C=O) groups excluding carboxylic acids is 1. The maximum Gasteiger partial charge on any atom is 0.573 e. The summed E-state index contributed by atoms with van der Waals surface area (Å²) in [6.07, 6.45) is -3.35. The fraction of sp³-hybridized carbons (Fsp3) is 0.0769. The van der Waals surface area contributed by atoms with E-state index >= 15 is 0 Å². The first-order valence-corrected chi connectivity index (χ1v) is 5.73. The minimum atomic E-state index is -4.78. The highest BCUT2D eigenvalue weighted by Crippen LogP contribution is 2.26. The first-order chi connectivity index (χ1) is 9.85. The van der Waals surface area contributed by atoms with E-state index in [9.17, 15) is 18.0 Å². The number of carbonyl (C=O) groups is 1. The number of nitrogens with two attached hydrogens (primary N) is 1. The summed E-state index contributed by atoms with van der Waals surface area (Å²) >= 11 is 0. The van der Waals surface area contributed by atoms with Gasteiger partial charge < -0.3 is 15.8 Å². The van der Waals surface area contributed by atoms with Crippen molar-refractivity contribution in [2.24, 2.45) is 5.73 Å². The Bertz CT molecular complexity index is 659. The lowest BCUT2D eigenvalue weighted by molar-refractivity contribution is -0.274. The Morgan fingerprint density at radius 2 is 2.00 bits per heavy atom. The molecule has 1 aromatic carbocycles. The monoisotopic (exact) mass is 297 g/mol. The van der Waals surface area contributed by atoms with Gasteiger partial charge in [-0.05, 0) is 24.3 Å². The molecule has 0 aliphatic carbocycles. The summed E-state index contributed by atoms with van der Waals surface area (Å²) in [6, 6.07) is 8.14. The number of pyridine rings is 1. The van der Waals surface area contributed by atoms with Crippen LogP contribution in [0.2, 0.25) is 0 Å². The van der Waals surface area contributed by atoms with Crippen molar-refractivity contribution in [3.8, 4) is 5.75 Å². The summed E-state index contributed by atoms with van der Waals surface area (Å²) in [5.41, 5.74) is 5.59. The molecule has 21 heavy (non-hydrogen) atoms. The normalized spacial score (nSPS) is 11.0. The van der Waals surface area contributed by atoms with Gasteiger partial charge in [0, 0.05) is 18.0 Å². The summed E-state index contributed by atoms with van der Waals surface area (Å²) in [5.74, 6) is -0.938. The van der Waals surface area contributed by atoms with Crippen molar-refractivity contribution in [3.63, 3.8) is 0 Å². The van der Waals surface area contributed by atoms with E-state index in [-0.39, 0.29) is 22.8 Å². The molecule has 3 N–H and O–H groups in total. The predicted octanol–water partition coefficient (Wildman–Crippen LogP) is 2.82. The number of hydrogen-bond donors (Lipinski definition) is 2. The molecule has 0 saturated carbocycles. The molecule has 0 bridgehead atoms. The van der Waals surface area contributed by atoms with Crippen LogP contribution in [0.25, 0.3) is 0 Å². The van der Waals surface area contributed by atoms with Crippen LogP contribution in [0.4, 0.5) is 24.7 Å². The van der Waals surface area contributed by atoms with Crippen LogP contribution in [-0.2, 0) is 0 Å². The van der Waals surface area contributed by atoms with Crippen molar-refractivity contribution < 1.29 is 22.7 Å². The van der Waals surface area contributed by atoms with Gasteiger partial charge in [0.1, 0.15) is 11.6 Å². The number of halogens is 3. The maximum atomic E-state index is 12.2. The third-order valence-electron chi connectivity index (χ3n) is 2.40. The SMILES string of the molecule is NC(=O)c1cccnc1Nc1cccc(OC(F)(F)F)c1. The number of nitrogens with zero attached hydrogens (tertiary/aromatic N) is 1. The van der Waals surface area contributed by atoms with Crippen LogP contribution in [0.15, 0.2) is 42.6 Å². The molecule has 0 aliphatic rings. The average Bonchev–Trinajstić information content (AvgIpc) is 2.37. The number of benzene rings is 1. The smallest absolute Gasteiger partial charge is 0.406 e. The van der Waals surface area contributed by atoms with Crippen molar-refractivity contribution in [3.05, 3.63) is 48.2 Å². The number of alkyl halides is 3. The zero-order valence-electron chi connectivity index (χ0n) is 10.5. The molecule has 0 unspecified atom stereocenters. The molecule has 8 heteroatoms. The molecule has 0 saturated heterocycles. The predicted molar refractivity (Wildman–Crippen MR) is 69.2 cm³/mol. The minimum Gasteiger partial charge on any atom is -0.406 e. The van der Waals surface area contributed by atoms with E-state index in [2.05, 4.69) is 15.0 Å². The van der Waals surface area contributed by atoms with Crippen molar-refractivity contribution in [2.75, 3.05) is 5.32 Å². The summed E-state index contributed by atoms with van der Waals surface area (Å²) in [7, 11) is 0. The van der Waals surface area contributed by atoms with Gasteiger partial charge in [-0.3, -0.25) is 4.79 Å². The van der Waals surface area contributed by atoms with Crippen LogP contribution in [-0.4, -0.2) is 17.3 Å².